The molecular weight excluding hydrogens is 516 g/mol. The van der Waals surface area contributed by atoms with Crippen LogP contribution < -0.4 is 21.7 Å². The Hall–Kier alpha value is -4.19. The lowest BCUT2D eigenvalue weighted by Crippen LogP contribution is -2.73. The minimum Gasteiger partial charge on any atom is -0.508 e. The van der Waals surface area contributed by atoms with Crippen LogP contribution in [0.15, 0.2) is 53.3 Å². The molecule has 9 N–H and O–H groups in total. The molecule has 3 aliphatic carbocycles. The lowest BCUT2D eigenvalue weighted by molar-refractivity contribution is -0.150. The molecule has 0 aromatic heterocycles. The van der Waals surface area contributed by atoms with Crippen LogP contribution in [0.1, 0.15) is 35.1 Å². The van der Waals surface area contributed by atoms with E-state index in [2.05, 4.69) is 5.32 Å². The summed E-state index contributed by atoms with van der Waals surface area (Å²) >= 11 is 0. The molecule has 1 saturated carbocycles. The molecule has 0 saturated heterocycles. The van der Waals surface area contributed by atoms with Gasteiger partial charge >= 0.3 is 0 Å². The van der Waals surface area contributed by atoms with E-state index in [1.54, 1.807) is 0 Å². The summed E-state index contributed by atoms with van der Waals surface area (Å²) in [6.45, 7) is 0.777. The summed E-state index contributed by atoms with van der Waals surface area (Å²) in [6, 6.07) is 11.5. The van der Waals surface area contributed by atoms with Gasteiger partial charge in [0.2, 0.25) is 11.4 Å². The van der Waals surface area contributed by atoms with Crippen LogP contribution in [0.25, 0.3) is 5.76 Å². The van der Waals surface area contributed by atoms with Gasteiger partial charge in [0.05, 0.1) is 11.1 Å². The molecule has 0 aliphatic heterocycles. The summed E-state index contributed by atoms with van der Waals surface area (Å²) < 4.78 is 0. The predicted molar refractivity (Wildman–Crippen MR) is 146 cm³/mol. The summed E-state index contributed by atoms with van der Waals surface area (Å²) in [7, 11) is 3.63. The van der Waals surface area contributed by atoms with Gasteiger partial charge < -0.3 is 42.1 Å². The molecule has 0 unspecified atom stereocenters. The van der Waals surface area contributed by atoms with Gasteiger partial charge in [0.15, 0.2) is 11.5 Å². The Morgan fingerprint density at radius 2 is 1.80 bits per heavy atom. The number of aliphatic hydroxyl groups excluding tert-OH is 2. The number of aromatic hydroxyl groups is 1. The molecule has 210 valence electrons. The molecule has 5 rings (SSSR count). The maximum atomic E-state index is 13.9. The van der Waals surface area contributed by atoms with Gasteiger partial charge in [0.25, 0.3) is 5.91 Å². The molecule has 40 heavy (non-hydrogen) atoms. The Kier molecular flexibility index (Phi) is 6.48. The SMILES string of the molecule is CN(C)c1cc(CNCc2ccccc2)c(O)c2c1C[C@H]1C[C@@]3(N)CC(=O)C(C(N)=O)=C(O)[C@@]3(O)C(=O)C1=C2O. The minimum absolute atomic E-state index is 0.0425. The molecule has 3 aliphatic rings. The number of aliphatic hydroxyl groups is 3. The highest BCUT2D eigenvalue weighted by atomic mass is 16.4. The highest BCUT2D eigenvalue weighted by Crippen LogP contribution is 2.54. The Morgan fingerprint density at radius 1 is 1.12 bits per heavy atom. The Morgan fingerprint density at radius 3 is 2.42 bits per heavy atom. The number of rotatable bonds is 6. The normalized spacial score (nSPS) is 25.9. The van der Waals surface area contributed by atoms with E-state index in [1.165, 1.54) is 0 Å². The molecule has 2 aromatic carbocycles. The van der Waals surface area contributed by atoms with Gasteiger partial charge in [-0.15, -0.1) is 0 Å². The number of hydrogen-bond acceptors (Lipinski definition) is 10. The second-order valence-corrected chi connectivity index (χ2v) is 11.0. The van der Waals surface area contributed by atoms with Gasteiger partial charge in [-0.05, 0) is 36.0 Å². The zero-order chi connectivity index (χ0) is 29.1. The third-order valence-electron chi connectivity index (χ3n) is 8.27. The first-order valence-corrected chi connectivity index (χ1v) is 12.9. The fourth-order valence-electron chi connectivity index (χ4n) is 6.32. The molecule has 1 fully saturated rings. The Balaban J connectivity index is 1.62. The molecule has 11 heteroatoms. The molecule has 0 bridgehead atoms. The first kappa shape index (κ1) is 27.4. The molecule has 11 nitrogen and oxygen atoms in total. The van der Waals surface area contributed by atoms with Crippen molar-refractivity contribution in [2.75, 3.05) is 19.0 Å². The van der Waals surface area contributed by atoms with Crippen LogP contribution in [-0.4, -0.2) is 63.1 Å². The standard InChI is InChI=1S/C29H32N4O7/c1-33(2)18-9-16(13-32-12-14-6-4-3-5-7-14)23(35)21-17(18)8-15-10-28(31)11-19(34)22(27(30)39)26(38)29(28,40)25(37)20(15)24(21)36/h3-7,9,15,32,35-36,38,40H,8,10-13,31H2,1-2H3,(H2,30,39)/t15-,28+,29-/m0/s1. The van der Waals surface area contributed by atoms with Gasteiger partial charge in [-0.25, -0.2) is 0 Å². The maximum absolute atomic E-state index is 13.9. The van der Waals surface area contributed by atoms with Crippen molar-refractivity contribution in [1.29, 1.82) is 0 Å². The topological polar surface area (TPSA) is 199 Å². The number of benzene rings is 2. The van der Waals surface area contributed by atoms with Crippen molar-refractivity contribution >= 4 is 28.9 Å². The highest BCUT2D eigenvalue weighted by molar-refractivity contribution is 6.23. The van der Waals surface area contributed by atoms with Crippen LogP contribution in [0, 0.1) is 5.92 Å². The summed E-state index contributed by atoms with van der Waals surface area (Å²) in [6.07, 6.45) is -0.605. The number of primary amides is 1. The molecule has 0 radical (unpaired) electrons. The molecule has 1 amide bonds. The smallest absolute Gasteiger partial charge is 0.255 e. The second kappa shape index (κ2) is 9.47. The summed E-state index contributed by atoms with van der Waals surface area (Å²) in [5.74, 6) is -6.06. The number of carbonyl (C=O) groups is 3. The Labute approximate surface area is 230 Å². The number of nitrogens with two attached hydrogens (primary N) is 2. The van der Waals surface area contributed by atoms with Gasteiger partial charge in [-0.3, -0.25) is 14.4 Å². The van der Waals surface area contributed by atoms with Crippen molar-refractivity contribution in [3.8, 4) is 5.75 Å². The molecule has 0 heterocycles. The van der Waals surface area contributed by atoms with Crippen molar-refractivity contribution in [2.45, 2.75) is 43.5 Å². The van der Waals surface area contributed by atoms with Gasteiger partial charge in [-0.2, -0.15) is 0 Å². The summed E-state index contributed by atoms with van der Waals surface area (Å²) in [5, 5.41) is 48.5. The number of Topliss-reactive ketones (excluding diaryl/α,β-unsaturated/α-hetero) is 2. The highest BCUT2D eigenvalue weighted by Gasteiger charge is 2.67. The van der Waals surface area contributed by atoms with Crippen molar-refractivity contribution < 1.29 is 34.8 Å². The molecule has 0 spiro atoms. The number of nitrogens with one attached hydrogen (secondary N) is 1. The number of amides is 1. The van der Waals surface area contributed by atoms with Gasteiger partial charge in [0, 0.05) is 50.4 Å². The van der Waals surface area contributed by atoms with Gasteiger partial charge in [0.1, 0.15) is 17.1 Å². The Bertz CT molecular complexity index is 1510. The summed E-state index contributed by atoms with van der Waals surface area (Å²) in [4.78, 5) is 40.2. The average molecular weight is 549 g/mol. The van der Waals surface area contributed by atoms with E-state index < -0.39 is 58.0 Å². The zero-order valence-electron chi connectivity index (χ0n) is 22.2. The number of phenolic OH excluding ortho intramolecular Hbond substituents is 1. The van der Waals surface area contributed by atoms with Crippen molar-refractivity contribution in [2.24, 2.45) is 17.4 Å². The lowest BCUT2D eigenvalue weighted by atomic mass is 9.55. The average Bonchev–Trinajstić information content (AvgIpc) is 2.87. The number of ketones is 2. The fraction of sp³-hybridized carbons (Fsp3) is 0.345. The number of anilines is 1. The van der Waals surface area contributed by atoms with E-state index in [1.807, 2.05) is 55.4 Å². The number of phenols is 1. The van der Waals surface area contributed by atoms with Crippen LogP contribution >= 0.6 is 0 Å². The van der Waals surface area contributed by atoms with E-state index >= 15 is 0 Å². The lowest BCUT2D eigenvalue weighted by Gasteiger charge is -2.52. The minimum atomic E-state index is -2.86. The van der Waals surface area contributed by atoms with E-state index in [0.717, 1.165) is 5.56 Å². The fourth-order valence-corrected chi connectivity index (χ4v) is 6.32. The van der Waals surface area contributed by atoms with Crippen LogP contribution in [0.4, 0.5) is 5.69 Å². The van der Waals surface area contributed by atoms with Crippen molar-refractivity contribution in [3.63, 3.8) is 0 Å². The largest absolute Gasteiger partial charge is 0.508 e. The third-order valence-corrected chi connectivity index (χ3v) is 8.27. The van der Waals surface area contributed by atoms with Crippen molar-refractivity contribution in [3.05, 3.63) is 75.6 Å². The summed E-state index contributed by atoms with van der Waals surface area (Å²) in [5.41, 5.74) is 8.59. The molecule has 3 atom stereocenters. The van der Waals surface area contributed by atoms with Gasteiger partial charge in [-0.1, -0.05) is 30.3 Å². The van der Waals surface area contributed by atoms with E-state index in [0.29, 0.717) is 23.4 Å². The number of nitrogens with zero attached hydrogens (tertiary/aromatic N) is 1. The number of hydrogen-bond donors (Lipinski definition) is 7. The van der Waals surface area contributed by atoms with E-state index in [9.17, 15) is 34.8 Å². The van der Waals surface area contributed by atoms with Crippen molar-refractivity contribution in [1.82, 2.24) is 5.32 Å². The zero-order valence-corrected chi connectivity index (χ0v) is 22.2. The predicted octanol–water partition coefficient (Wildman–Crippen LogP) is 0.861. The van der Waals surface area contributed by atoms with Crippen LogP contribution in [-0.2, 0) is 33.9 Å². The van der Waals surface area contributed by atoms with Crippen LogP contribution in [0.3, 0.4) is 0 Å². The monoisotopic (exact) mass is 548 g/mol. The number of fused-ring (bicyclic) bond motifs is 3. The molecule has 2 aromatic rings. The molecular formula is C29H32N4O7. The van der Waals surface area contributed by atoms with Crippen LogP contribution in [0.5, 0.6) is 5.75 Å². The third kappa shape index (κ3) is 3.88. The van der Waals surface area contributed by atoms with E-state index in [-0.39, 0.29) is 36.3 Å². The first-order chi connectivity index (χ1) is 18.8. The quantitative estimate of drug-likeness (QED) is 0.254. The number of carbonyl (C=O) groups excluding carboxylic acids is 3. The second-order valence-electron chi connectivity index (χ2n) is 11.0. The van der Waals surface area contributed by atoms with Crippen LogP contribution in [0.2, 0.25) is 0 Å². The maximum Gasteiger partial charge on any atom is 0.255 e. The van der Waals surface area contributed by atoms with E-state index in [4.69, 9.17) is 11.5 Å². The first-order valence-electron chi connectivity index (χ1n) is 12.9.